The molecule has 27 heavy (non-hydrogen) atoms. The lowest BCUT2D eigenvalue weighted by Gasteiger charge is -2.16. The normalized spacial score (nSPS) is 13.6. The number of rotatable bonds is 5. The Labute approximate surface area is 155 Å². The van der Waals surface area contributed by atoms with Crippen LogP contribution >= 0.6 is 0 Å². The fraction of sp³-hybridized carbons (Fsp3) is 0.250. The Morgan fingerprint density at radius 2 is 2.04 bits per heavy atom. The number of benzene rings is 2. The maximum absolute atomic E-state index is 13.5. The lowest BCUT2D eigenvalue weighted by Crippen LogP contribution is -2.24. The summed E-state index contributed by atoms with van der Waals surface area (Å²) < 4.78 is 18.5. The number of nitrogens with zero attached hydrogens (tertiary/aromatic N) is 1. The first kappa shape index (κ1) is 18.6. The van der Waals surface area contributed by atoms with Crippen LogP contribution in [0.3, 0.4) is 0 Å². The standard InChI is InChI=1S/C20H19FN2O4/c1-13-7-8-15(11-17(13)21)22-18(24)12-27-20(26)14-4-2-5-16(10-14)23-9-3-6-19(23)25/h2,4-5,7-8,10-11H,3,6,9,12H2,1H3,(H,22,24). The minimum Gasteiger partial charge on any atom is -0.452 e. The molecule has 140 valence electrons. The Kier molecular flexibility index (Phi) is 5.49. The van der Waals surface area contributed by atoms with Gasteiger partial charge in [-0.1, -0.05) is 12.1 Å². The molecule has 0 unspecified atom stereocenters. The number of carbonyl (C=O) groups is 3. The summed E-state index contributed by atoms with van der Waals surface area (Å²) in [6.07, 6.45) is 1.28. The first-order valence-corrected chi connectivity index (χ1v) is 8.57. The van der Waals surface area contributed by atoms with Gasteiger partial charge >= 0.3 is 5.97 Å². The number of hydrogen-bond donors (Lipinski definition) is 1. The van der Waals surface area contributed by atoms with Gasteiger partial charge in [-0.25, -0.2) is 9.18 Å². The predicted molar refractivity (Wildman–Crippen MR) is 98.1 cm³/mol. The molecule has 2 amide bonds. The van der Waals surface area contributed by atoms with E-state index < -0.39 is 24.3 Å². The van der Waals surface area contributed by atoms with Crippen molar-refractivity contribution >= 4 is 29.2 Å². The number of halogens is 1. The van der Waals surface area contributed by atoms with Gasteiger partial charge in [0, 0.05) is 24.3 Å². The molecule has 2 aromatic carbocycles. The molecule has 7 heteroatoms. The lowest BCUT2D eigenvalue weighted by atomic mass is 10.2. The second-order valence-corrected chi connectivity index (χ2v) is 6.29. The second kappa shape index (κ2) is 7.99. The highest BCUT2D eigenvalue weighted by Crippen LogP contribution is 2.22. The van der Waals surface area contributed by atoms with Crippen molar-refractivity contribution in [2.75, 3.05) is 23.4 Å². The summed E-state index contributed by atoms with van der Waals surface area (Å²) in [7, 11) is 0. The van der Waals surface area contributed by atoms with Gasteiger partial charge in [0.25, 0.3) is 5.91 Å². The van der Waals surface area contributed by atoms with Crippen molar-refractivity contribution in [1.29, 1.82) is 0 Å². The molecule has 1 heterocycles. The van der Waals surface area contributed by atoms with E-state index in [1.807, 2.05) is 0 Å². The summed E-state index contributed by atoms with van der Waals surface area (Å²) >= 11 is 0. The maximum atomic E-state index is 13.5. The van der Waals surface area contributed by atoms with E-state index in [9.17, 15) is 18.8 Å². The largest absolute Gasteiger partial charge is 0.452 e. The van der Waals surface area contributed by atoms with Crippen molar-refractivity contribution in [3.05, 3.63) is 59.4 Å². The van der Waals surface area contributed by atoms with Crippen LogP contribution in [0.1, 0.15) is 28.8 Å². The first-order chi connectivity index (χ1) is 12.9. The summed E-state index contributed by atoms with van der Waals surface area (Å²) in [4.78, 5) is 37.5. The van der Waals surface area contributed by atoms with Crippen LogP contribution in [-0.4, -0.2) is 30.9 Å². The Hall–Kier alpha value is -3.22. The summed E-state index contributed by atoms with van der Waals surface area (Å²) in [5, 5.41) is 2.47. The quantitative estimate of drug-likeness (QED) is 0.821. The molecule has 0 atom stereocenters. The second-order valence-electron chi connectivity index (χ2n) is 6.29. The molecule has 6 nitrogen and oxygen atoms in total. The van der Waals surface area contributed by atoms with Crippen LogP contribution in [0, 0.1) is 12.7 Å². The van der Waals surface area contributed by atoms with Gasteiger partial charge in [0.2, 0.25) is 5.91 Å². The van der Waals surface area contributed by atoms with E-state index in [2.05, 4.69) is 5.32 Å². The van der Waals surface area contributed by atoms with Crippen LogP contribution in [-0.2, 0) is 14.3 Å². The number of carbonyl (C=O) groups excluding carboxylic acids is 3. The molecular formula is C20H19FN2O4. The van der Waals surface area contributed by atoms with E-state index in [-0.39, 0.29) is 17.2 Å². The molecular weight excluding hydrogens is 351 g/mol. The molecule has 0 radical (unpaired) electrons. The molecule has 1 aliphatic heterocycles. The van der Waals surface area contributed by atoms with Gasteiger partial charge < -0.3 is 15.0 Å². The lowest BCUT2D eigenvalue weighted by molar-refractivity contribution is -0.119. The number of anilines is 2. The fourth-order valence-corrected chi connectivity index (χ4v) is 2.80. The van der Waals surface area contributed by atoms with Crippen LogP contribution in [0.2, 0.25) is 0 Å². The minimum absolute atomic E-state index is 0.0187. The summed E-state index contributed by atoms with van der Waals surface area (Å²) in [5.41, 5.74) is 1.64. The molecule has 0 spiro atoms. The van der Waals surface area contributed by atoms with Crippen molar-refractivity contribution < 1.29 is 23.5 Å². The SMILES string of the molecule is Cc1ccc(NC(=O)COC(=O)c2cccc(N3CCCC3=O)c2)cc1F. The molecule has 0 aliphatic carbocycles. The Bertz CT molecular complexity index is 897. The molecule has 1 N–H and O–H groups in total. The van der Waals surface area contributed by atoms with Crippen LogP contribution in [0.25, 0.3) is 0 Å². The van der Waals surface area contributed by atoms with Gasteiger partial charge in [0.1, 0.15) is 5.82 Å². The van der Waals surface area contributed by atoms with E-state index in [0.717, 1.165) is 6.42 Å². The van der Waals surface area contributed by atoms with Crippen molar-refractivity contribution in [3.8, 4) is 0 Å². The fourth-order valence-electron chi connectivity index (χ4n) is 2.80. The molecule has 0 bridgehead atoms. The topological polar surface area (TPSA) is 75.7 Å². The monoisotopic (exact) mass is 370 g/mol. The van der Waals surface area contributed by atoms with Crippen LogP contribution < -0.4 is 10.2 Å². The van der Waals surface area contributed by atoms with E-state index in [4.69, 9.17) is 4.74 Å². The van der Waals surface area contributed by atoms with E-state index in [1.54, 1.807) is 48.2 Å². The van der Waals surface area contributed by atoms with Crippen molar-refractivity contribution in [2.45, 2.75) is 19.8 Å². The first-order valence-electron chi connectivity index (χ1n) is 8.57. The summed E-state index contributed by atoms with van der Waals surface area (Å²) in [6.45, 7) is 1.74. The molecule has 1 fully saturated rings. The van der Waals surface area contributed by atoms with Gasteiger partial charge in [0.05, 0.1) is 5.56 Å². The van der Waals surface area contributed by atoms with Crippen molar-refractivity contribution in [1.82, 2.24) is 0 Å². The summed E-state index contributed by atoms with van der Waals surface area (Å²) in [6, 6.07) is 10.8. The highest BCUT2D eigenvalue weighted by molar-refractivity contribution is 5.98. The van der Waals surface area contributed by atoms with Crippen molar-refractivity contribution in [3.63, 3.8) is 0 Å². The number of amides is 2. The van der Waals surface area contributed by atoms with Gasteiger partial charge in [-0.15, -0.1) is 0 Å². The zero-order chi connectivity index (χ0) is 19.4. The highest BCUT2D eigenvalue weighted by atomic mass is 19.1. The van der Waals surface area contributed by atoms with Gasteiger partial charge in [-0.05, 0) is 49.2 Å². The molecule has 1 saturated heterocycles. The number of esters is 1. The average Bonchev–Trinajstić information content (AvgIpc) is 3.09. The highest BCUT2D eigenvalue weighted by Gasteiger charge is 2.22. The van der Waals surface area contributed by atoms with Gasteiger partial charge in [0.15, 0.2) is 6.61 Å². The Morgan fingerprint density at radius 1 is 1.22 bits per heavy atom. The maximum Gasteiger partial charge on any atom is 0.338 e. The predicted octanol–water partition coefficient (Wildman–Crippen LogP) is 3.06. The number of nitrogens with one attached hydrogen (secondary N) is 1. The van der Waals surface area contributed by atoms with Crippen molar-refractivity contribution in [2.24, 2.45) is 0 Å². The third kappa shape index (κ3) is 4.49. The summed E-state index contributed by atoms with van der Waals surface area (Å²) in [5.74, 6) is -1.66. The molecule has 0 aromatic heterocycles. The third-order valence-corrected chi connectivity index (χ3v) is 4.26. The Balaban J connectivity index is 1.58. The molecule has 2 aromatic rings. The Morgan fingerprint density at radius 3 is 2.74 bits per heavy atom. The van der Waals surface area contributed by atoms with E-state index >= 15 is 0 Å². The average molecular weight is 370 g/mol. The zero-order valence-electron chi connectivity index (χ0n) is 14.8. The van der Waals surface area contributed by atoms with Crippen LogP contribution in [0.4, 0.5) is 15.8 Å². The number of hydrogen-bond acceptors (Lipinski definition) is 4. The van der Waals surface area contributed by atoms with E-state index in [1.165, 1.54) is 6.07 Å². The third-order valence-electron chi connectivity index (χ3n) is 4.26. The number of aryl methyl sites for hydroxylation is 1. The van der Waals surface area contributed by atoms with Gasteiger partial charge in [-0.3, -0.25) is 9.59 Å². The van der Waals surface area contributed by atoms with Crippen LogP contribution in [0.15, 0.2) is 42.5 Å². The smallest absolute Gasteiger partial charge is 0.338 e. The number of ether oxygens (including phenoxy) is 1. The molecule has 1 aliphatic rings. The zero-order valence-corrected chi connectivity index (χ0v) is 14.8. The minimum atomic E-state index is -0.672. The van der Waals surface area contributed by atoms with Gasteiger partial charge in [-0.2, -0.15) is 0 Å². The molecule has 0 saturated carbocycles. The van der Waals surface area contributed by atoms with E-state index in [0.29, 0.717) is 24.2 Å². The molecule has 3 rings (SSSR count). The van der Waals surface area contributed by atoms with Crippen LogP contribution in [0.5, 0.6) is 0 Å².